The molecule has 1 atom stereocenters. The third-order valence-corrected chi connectivity index (χ3v) is 3.04. The molecule has 0 aliphatic heterocycles. The molecule has 5 heteroatoms. The largest absolute Gasteiger partial charge is 0.396 e. The van der Waals surface area contributed by atoms with Crippen molar-refractivity contribution in [2.24, 2.45) is 11.1 Å². The van der Waals surface area contributed by atoms with E-state index in [1.165, 1.54) is 6.07 Å². The van der Waals surface area contributed by atoms with Gasteiger partial charge in [0.05, 0.1) is 0 Å². The van der Waals surface area contributed by atoms with Crippen molar-refractivity contribution in [3.63, 3.8) is 0 Å². The number of halogens is 3. The van der Waals surface area contributed by atoms with Crippen LogP contribution in [0.5, 0.6) is 0 Å². The Balaban J connectivity index is 0.00000225. The van der Waals surface area contributed by atoms with E-state index in [1.807, 2.05) is 0 Å². The Morgan fingerprint density at radius 3 is 2.56 bits per heavy atom. The molecule has 0 radical (unpaired) electrons. The van der Waals surface area contributed by atoms with Crippen LogP contribution in [-0.4, -0.2) is 11.7 Å². The van der Waals surface area contributed by atoms with Crippen LogP contribution in [0, 0.1) is 11.2 Å². The summed E-state index contributed by atoms with van der Waals surface area (Å²) >= 11 is 3.27. The topological polar surface area (TPSA) is 46.2 Å². The summed E-state index contributed by atoms with van der Waals surface area (Å²) in [5.41, 5.74) is 5.81. The molecule has 1 aromatic rings. The van der Waals surface area contributed by atoms with Crippen molar-refractivity contribution < 1.29 is 9.50 Å². The minimum Gasteiger partial charge on any atom is -0.396 e. The maximum absolute atomic E-state index is 13.5. The first-order valence-electron chi connectivity index (χ1n) is 4.70. The molecule has 2 nitrogen and oxygen atoms in total. The van der Waals surface area contributed by atoms with Gasteiger partial charge in [0.1, 0.15) is 5.82 Å². The zero-order valence-electron chi connectivity index (χ0n) is 9.21. The van der Waals surface area contributed by atoms with Crippen LogP contribution < -0.4 is 5.73 Å². The molecule has 0 unspecified atom stereocenters. The molecule has 0 spiro atoms. The van der Waals surface area contributed by atoms with Crippen LogP contribution in [0.4, 0.5) is 4.39 Å². The summed E-state index contributed by atoms with van der Waals surface area (Å²) in [5.74, 6) is -0.341. The summed E-state index contributed by atoms with van der Waals surface area (Å²) in [5, 5.41) is 9.17. The van der Waals surface area contributed by atoms with Gasteiger partial charge in [-0.3, -0.25) is 0 Å². The Morgan fingerprint density at radius 2 is 2.06 bits per heavy atom. The average Bonchev–Trinajstić information content (AvgIpc) is 2.20. The highest BCUT2D eigenvalue weighted by atomic mass is 79.9. The number of hydrogen-bond acceptors (Lipinski definition) is 2. The summed E-state index contributed by atoms with van der Waals surface area (Å²) < 4.78 is 14.3. The van der Waals surface area contributed by atoms with Gasteiger partial charge in [-0.25, -0.2) is 4.39 Å². The lowest BCUT2D eigenvalue weighted by atomic mass is 9.81. The molecule has 0 bridgehead atoms. The highest BCUT2D eigenvalue weighted by Gasteiger charge is 2.28. The molecular weight excluding hydrogens is 296 g/mol. The van der Waals surface area contributed by atoms with E-state index < -0.39 is 11.5 Å². The number of rotatable bonds is 3. The van der Waals surface area contributed by atoms with Crippen LogP contribution in [0.15, 0.2) is 22.7 Å². The normalized spacial score (nSPS) is 13.1. The van der Waals surface area contributed by atoms with Gasteiger partial charge in [0.25, 0.3) is 0 Å². The molecule has 0 heterocycles. The predicted molar refractivity (Wildman–Crippen MR) is 69.1 cm³/mol. The van der Waals surface area contributed by atoms with Gasteiger partial charge in [-0.2, -0.15) is 0 Å². The second-order valence-corrected chi connectivity index (χ2v) is 5.21. The first-order chi connectivity index (χ1) is 6.88. The maximum Gasteiger partial charge on any atom is 0.128 e. The predicted octanol–water partition coefficient (Wildman–Crippen LogP) is 3.03. The van der Waals surface area contributed by atoms with Gasteiger partial charge in [0.2, 0.25) is 0 Å². The monoisotopic (exact) mass is 311 g/mol. The highest BCUT2D eigenvalue weighted by molar-refractivity contribution is 9.10. The lowest BCUT2D eigenvalue weighted by Crippen LogP contribution is -2.33. The second kappa shape index (κ2) is 5.96. The van der Waals surface area contributed by atoms with E-state index in [0.29, 0.717) is 5.56 Å². The van der Waals surface area contributed by atoms with E-state index in [4.69, 9.17) is 5.73 Å². The molecule has 16 heavy (non-hydrogen) atoms. The van der Waals surface area contributed by atoms with Gasteiger partial charge in [0.15, 0.2) is 0 Å². The molecular formula is C11H16BrClFNO. The Labute approximate surface area is 110 Å². The van der Waals surface area contributed by atoms with Gasteiger partial charge >= 0.3 is 0 Å². The van der Waals surface area contributed by atoms with Gasteiger partial charge < -0.3 is 10.8 Å². The van der Waals surface area contributed by atoms with E-state index in [1.54, 1.807) is 26.0 Å². The fourth-order valence-corrected chi connectivity index (χ4v) is 1.65. The smallest absolute Gasteiger partial charge is 0.128 e. The van der Waals surface area contributed by atoms with Crippen LogP contribution in [0.3, 0.4) is 0 Å². The first-order valence-corrected chi connectivity index (χ1v) is 5.49. The molecule has 0 amide bonds. The zero-order valence-corrected chi connectivity index (χ0v) is 11.6. The summed E-state index contributed by atoms with van der Waals surface area (Å²) in [4.78, 5) is 0. The molecule has 0 saturated heterocycles. The number of benzene rings is 1. The van der Waals surface area contributed by atoms with E-state index in [-0.39, 0.29) is 24.8 Å². The lowest BCUT2D eigenvalue weighted by molar-refractivity contribution is 0.131. The van der Waals surface area contributed by atoms with Crippen LogP contribution >= 0.6 is 28.3 Å². The lowest BCUT2D eigenvalue weighted by Gasteiger charge is -2.30. The molecule has 0 aliphatic carbocycles. The van der Waals surface area contributed by atoms with Crippen molar-refractivity contribution in [1.29, 1.82) is 0 Å². The molecule has 3 N–H and O–H groups in total. The Morgan fingerprint density at radius 1 is 1.50 bits per heavy atom. The van der Waals surface area contributed by atoms with Crippen LogP contribution in [0.2, 0.25) is 0 Å². The fourth-order valence-electron chi connectivity index (χ4n) is 1.27. The molecule has 1 aromatic carbocycles. The SMILES string of the molecule is CC(C)(CO)[C@@H](N)c1cc(Br)ccc1F.Cl. The minimum absolute atomic E-state index is 0. The number of aliphatic hydroxyl groups excluding tert-OH is 1. The second-order valence-electron chi connectivity index (χ2n) is 4.29. The van der Waals surface area contributed by atoms with Crippen molar-refractivity contribution in [2.45, 2.75) is 19.9 Å². The minimum atomic E-state index is -0.540. The molecule has 92 valence electrons. The quantitative estimate of drug-likeness (QED) is 0.901. The van der Waals surface area contributed by atoms with Crippen molar-refractivity contribution in [1.82, 2.24) is 0 Å². The molecule has 0 fully saturated rings. The molecule has 1 rings (SSSR count). The average molecular weight is 313 g/mol. The van der Waals surface area contributed by atoms with Crippen LogP contribution in [-0.2, 0) is 0 Å². The number of aliphatic hydroxyl groups is 1. The third kappa shape index (κ3) is 3.42. The summed E-state index contributed by atoms with van der Waals surface area (Å²) in [6.45, 7) is 3.52. The third-order valence-electron chi connectivity index (χ3n) is 2.54. The van der Waals surface area contributed by atoms with Crippen molar-refractivity contribution in [3.8, 4) is 0 Å². The zero-order chi connectivity index (χ0) is 11.6. The Kier molecular flexibility index (Phi) is 5.90. The van der Waals surface area contributed by atoms with E-state index in [0.717, 1.165) is 4.47 Å². The molecule has 0 saturated carbocycles. The van der Waals surface area contributed by atoms with Gasteiger partial charge in [-0.1, -0.05) is 29.8 Å². The van der Waals surface area contributed by atoms with E-state index in [2.05, 4.69) is 15.9 Å². The van der Waals surface area contributed by atoms with Crippen molar-refractivity contribution in [3.05, 3.63) is 34.1 Å². The standard InChI is InChI=1S/C11H15BrFNO.ClH/c1-11(2,6-15)10(14)8-5-7(12)3-4-9(8)13;/h3-5,10,15H,6,14H2,1-2H3;1H/t10-;/m0./s1. The van der Waals surface area contributed by atoms with Crippen LogP contribution in [0.1, 0.15) is 25.5 Å². The number of hydrogen-bond donors (Lipinski definition) is 2. The van der Waals surface area contributed by atoms with E-state index >= 15 is 0 Å². The number of nitrogens with two attached hydrogens (primary N) is 1. The summed E-state index contributed by atoms with van der Waals surface area (Å²) in [6.07, 6.45) is 0. The van der Waals surface area contributed by atoms with Gasteiger partial charge in [0, 0.05) is 28.1 Å². The summed E-state index contributed by atoms with van der Waals surface area (Å²) in [7, 11) is 0. The Hall–Kier alpha value is -0.160. The van der Waals surface area contributed by atoms with Gasteiger partial charge in [-0.15, -0.1) is 12.4 Å². The van der Waals surface area contributed by atoms with Crippen molar-refractivity contribution in [2.75, 3.05) is 6.61 Å². The highest BCUT2D eigenvalue weighted by Crippen LogP contribution is 2.33. The van der Waals surface area contributed by atoms with Crippen molar-refractivity contribution >= 4 is 28.3 Å². The fraction of sp³-hybridized carbons (Fsp3) is 0.455. The summed E-state index contributed by atoms with van der Waals surface area (Å²) in [6, 6.07) is 4.11. The van der Waals surface area contributed by atoms with Crippen LogP contribution in [0.25, 0.3) is 0 Å². The molecule has 0 aliphatic rings. The van der Waals surface area contributed by atoms with E-state index in [9.17, 15) is 9.50 Å². The van der Waals surface area contributed by atoms with Gasteiger partial charge in [-0.05, 0) is 18.2 Å². The molecule has 0 aromatic heterocycles. The maximum atomic E-state index is 13.5. The first kappa shape index (κ1) is 15.8. The Bertz CT molecular complexity index is 360.